The quantitative estimate of drug-likeness (QED) is 0.706. The van der Waals surface area contributed by atoms with Gasteiger partial charge in [0.25, 0.3) is 0 Å². The summed E-state index contributed by atoms with van der Waals surface area (Å²) in [6, 6.07) is 15.5. The van der Waals surface area contributed by atoms with Crippen molar-refractivity contribution in [2.24, 2.45) is 0 Å². The van der Waals surface area contributed by atoms with Gasteiger partial charge in [-0.2, -0.15) is 0 Å². The standard InChI is InChI=1S/C20H19ClN2O2/c1-14-6-8-15(9-7-14)18-13-23-20(25-18)11-10-19(24)22-12-16-4-2-3-5-17(16)21/h2-9,13H,10-12H2,1H3,(H,22,24). The van der Waals surface area contributed by atoms with Gasteiger partial charge in [0.15, 0.2) is 11.7 Å². The third kappa shape index (κ3) is 4.70. The number of halogens is 1. The molecule has 1 N–H and O–H groups in total. The van der Waals surface area contributed by atoms with Gasteiger partial charge in [0, 0.05) is 30.0 Å². The molecule has 1 heterocycles. The first-order chi connectivity index (χ1) is 12.1. The molecule has 0 bridgehead atoms. The lowest BCUT2D eigenvalue weighted by atomic mass is 10.1. The number of benzene rings is 2. The molecule has 1 amide bonds. The summed E-state index contributed by atoms with van der Waals surface area (Å²) in [6.45, 7) is 2.45. The van der Waals surface area contributed by atoms with E-state index in [1.54, 1.807) is 6.20 Å². The predicted molar refractivity (Wildman–Crippen MR) is 98.3 cm³/mol. The second kappa shape index (κ2) is 7.99. The molecular weight excluding hydrogens is 336 g/mol. The Morgan fingerprint density at radius 1 is 1.16 bits per heavy atom. The van der Waals surface area contributed by atoms with Crippen LogP contribution in [0.25, 0.3) is 11.3 Å². The molecule has 0 saturated heterocycles. The van der Waals surface area contributed by atoms with Crippen molar-refractivity contribution in [1.29, 1.82) is 0 Å². The van der Waals surface area contributed by atoms with Gasteiger partial charge in [-0.25, -0.2) is 4.98 Å². The summed E-state index contributed by atoms with van der Waals surface area (Å²) in [5, 5.41) is 3.51. The van der Waals surface area contributed by atoms with Gasteiger partial charge < -0.3 is 9.73 Å². The van der Waals surface area contributed by atoms with Crippen molar-refractivity contribution in [3.63, 3.8) is 0 Å². The number of aryl methyl sites for hydroxylation is 2. The molecule has 0 unspecified atom stereocenters. The van der Waals surface area contributed by atoms with Crippen LogP contribution in [0.15, 0.2) is 59.1 Å². The Morgan fingerprint density at radius 2 is 1.92 bits per heavy atom. The molecule has 128 valence electrons. The second-order valence-corrected chi connectivity index (χ2v) is 6.26. The summed E-state index contributed by atoms with van der Waals surface area (Å²) in [6.07, 6.45) is 2.47. The number of carbonyl (C=O) groups excluding carboxylic acids is 1. The number of amides is 1. The maximum absolute atomic E-state index is 12.0. The fraction of sp³-hybridized carbons (Fsp3) is 0.200. The zero-order chi connectivity index (χ0) is 17.6. The van der Waals surface area contributed by atoms with Crippen LogP contribution in [0.3, 0.4) is 0 Å². The van der Waals surface area contributed by atoms with Crippen LogP contribution in [0.1, 0.15) is 23.4 Å². The molecule has 0 aliphatic carbocycles. The van der Waals surface area contributed by atoms with Gasteiger partial charge in [-0.05, 0) is 18.6 Å². The summed E-state index contributed by atoms with van der Waals surface area (Å²) in [5.41, 5.74) is 3.07. The topological polar surface area (TPSA) is 55.1 Å². The van der Waals surface area contributed by atoms with Gasteiger partial charge in [0.2, 0.25) is 5.91 Å². The highest BCUT2D eigenvalue weighted by Crippen LogP contribution is 2.21. The van der Waals surface area contributed by atoms with E-state index in [0.717, 1.165) is 11.1 Å². The molecule has 1 aromatic heterocycles. The summed E-state index contributed by atoms with van der Waals surface area (Å²) in [5.74, 6) is 1.21. The monoisotopic (exact) mass is 354 g/mol. The number of nitrogens with one attached hydrogen (secondary N) is 1. The van der Waals surface area contributed by atoms with Gasteiger partial charge in [-0.3, -0.25) is 4.79 Å². The van der Waals surface area contributed by atoms with Crippen LogP contribution in [-0.2, 0) is 17.8 Å². The fourth-order valence-corrected chi connectivity index (χ4v) is 2.62. The zero-order valence-electron chi connectivity index (χ0n) is 14.0. The van der Waals surface area contributed by atoms with Crippen LogP contribution < -0.4 is 5.32 Å². The summed E-state index contributed by atoms with van der Waals surface area (Å²) in [4.78, 5) is 16.2. The Kier molecular flexibility index (Phi) is 5.51. The normalized spacial score (nSPS) is 10.6. The Hall–Kier alpha value is -2.59. The van der Waals surface area contributed by atoms with Crippen LogP contribution >= 0.6 is 11.6 Å². The van der Waals surface area contributed by atoms with Gasteiger partial charge in [0.1, 0.15) is 0 Å². The van der Waals surface area contributed by atoms with Gasteiger partial charge >= 0.3 is 0 Å². The van der Waals surface area contributed by atoms with E-state index < -0.39 is 0 Å². The SMILES string of the molecule is Cc1ccc(-c2cnc(CCC(=O)NCc3ccccc3Cl)o2)cc1. The molecular formula is C20H19ClN2O2. The summed E-state index contributed by atoms with van der Waals surface area (Å²) < 4.78 is 5.73. The van der Waals surface area contributed by atoms with Crippen LogP contribution in [-0.4, -0.2) is 10.9 Å². The van der Waals surface area contributed by atoms with E-state index in [1.807, 2.05) is 55.5 Å². The average Bonchev–Trinajstić information content (AvgIpc) is 3.09. The van der Waals surface area contributed by atoms with E-state index in [-0.39, 0.29) is 5.91 Å². The predicted octanol–water partition coefficient (Wildman–Crippen LogP) is 4.55. The molecule has 3 aromatic rings. The summed E-state index contributed by atoms with van der Waals surface area (Å²) >= 11 is 6.08. The van der Waals surface area contributed by atoms with E-state index in [9.17, 15) is 4.79 Å². The van der Waals surface area contributed by atoms with E-state index in [1.165, 1.54) is 5.56 Å². The lowest BCUT2D eigenvalue weighted by Gasteiger charge is -2.06. The molecule has 5 heteroatoms. The van der Waals surface area contributed by atoms with Crippen LogP contribution in [0, 0.1) is 6.92 Å². The smallest absolute Gasteiger partial charge is 0.220 e. The Labute approximate surface area is 151 Å². The third-order valence-corrected chi connectivity index (χ3v) is 4.26. The Bertz CT molecular complexity index is 856. The summed E-state index contributed by atoms with van der Waals surface area (Å²) in [7, 11) is 0. The number of nitrogens with zero attached hydrogens (tertiary/aromatic N) is 1. The first kappa shape index (κ1) is 17.2. The van der Waals surface area contributed by atoms with Crippen molar-refractivity contribution < 1.29 is 9.21 Å². The second-order valence-electron chi connectivity index (χ2n) is 5.85. The van der Waals surface area contributed by atoms with Crippen LogP contribution in [0.5, 0.6) is 0 Å². The van der Waals surface area contributed by atoms with Crippen molar-refractivity contribution >= 4 is 17.5 Å². The average molecular weight is 355 g/mol. The van der Waals surface area contributed by atoms with Crippen molar-refractivity contribution in [2.45, 2.75) is 26.3 Å². The molecule has 4 nitrogen and oxygen atoms in total. The van der Waals surface area contributed by atoms with E-state index in [4.69, 9.17) is 16.0 Å². The third-order valence-electron chi connectivity index (χ3n) is 3.89. The zero-order valence-corrected chi connectivity index (χ0v) is 14.7. The molecule has 0 radical (unpaired) electrons. The molecule has 2 aromatic carbocycles. The minimum absolute atomic E-state index is 0.0602. The first-order valence-electron chi connectivity index (χ1n) is 8.13. The lowest BCUT2D eigenvalue weighted by Crippen LogP contribution is -2.23. The number of carbonyl (C=O) groups is 1. The molecule has 3 rings (SSSR count). The van der Waals surface area contributed by atoms with E-state index in [0.29, 0.717) is 36.1 Å². The number of rotatable bonds is 6. The van der Waals surface area contributed by atoms with Crippen molar-refractivity contribution in [3.05, 3.63) is 76.8 Å². The Morgan fingerprint density at radius 3 is 2.68 bits per heavy atom. The lowest BCUT2D eigenvalue weighted by molar-refractivity contribution is -0.121. The van der Waals surface area contributed by atoms with Crippen molar-refractivity contribution in [2.75, 3.05) is 0 Å². The van der Waals surface area contributed by atoms with Gasteiger partial charge in [-0.15, -0.1) is 0 Å². The van der Waals surface area contributed by atoms with Crippen LogP contribution in [0.2, 0.25) is 5.02 Å². The fourth-order valence-electron chi connectivity index (χ4n) is 2.42. The Balaban J connectivity index is 1.51. The molecule has 0 aliphatic rings. The van der Waals surface area contributed by atoms with E-state index in [2.05, 4.69) is 10.3 Å². The first-order valence-corrected chi connectivity index (χ1v) is 8.51. The minimum atomic E-state index is -0.0602. The highest BCUT2D eigenvalue weighted by atomic mass is 35.5. The number of oxazole rings is 1. The number of aromatic nitrogens is 1. The van der Waals surface area contributed by atoms with Gasteiger partial charge in [0.05, 0.1) is 6.20 Å². The molecule has 0 atom stereocenters. The highest BCUT2D eigenvalue weighted by Gasteiger charge is 2.09. The maximum Gasteiger partial charge on any atom is 0.220 e. The number of hydrogen-bond acceptors (Lipinski definition) is 3. The largest absolute Gasteiger partial charge is 0.441 e. The van der Waals surface area contributed by atoms with E-state index >= 15 is 0 Å². The number of hydrogen-bond donors (Lipinski definition) is 1. The minimum Gasteiger partial charge on any atom is -0.441 e. The van der Waals surface area contributed by atoms with Crippen LogP contribution in [0.4, 0.5) is 0 Å². The highest BCUT2D eigenvalue weighted by molar-refractivity contribution is 6.31. The van der Waals surface area contributed by atoms with Crippen molar-refractivity contribution in [3.8, 4) is 11.3 Å². The molecule has 0 saturated carbocycles. The molecule has 0 fully saturated rings. The maximum atomic E-state index is 12.0. The molecule has 25 heavy (non-hydrogen) atoms. The van der Waals surface area contributed by atoms with Crippen molar-refractivity contribution in [1.82, 2.24) is 10.3 Å². The molecule has 0 aliphatic heterocycles. The van der Waals surface area contributed by atoms with Gasteiger partial charge in [-0.1, -0.05) is 59.6 Å². The molecule has 0 spiro atoms.